The molecular formula is C12H18N2O4. The van der Waals surface area contributed by atoms with Crippen molar-refractivity contribution in [3.8, 4) is 0 Å². The minimum Gasteiger partial charge on any atom is -0.478 e. The first-order chi connectivity index (χ1) is 8.58. The monoisotopic (exact) mass is 254 g/mol. The topological polar surface area (TPSA) is 82.8 Å². The van der Waals surface area contributed by atoms with Crippen molar-refractivity contribution in [1.29, 1.82) is 0 Å². The van der Waals surface area contributed by atoms with E-state index in [1.807, 2.05) is 18.7 Å². The number of aromatic carboxylic acids is 1. The summed E-state index contributed by atoms with van der Waals surface area (Å²) in [6.45, 7) is 5.51. The van der Waals surface area contributed by atoms with Crippen LogP contribution in [-0.4, -0.2) is 41.5 Å². The van der Waals surface area contributed by atoms with Crippen LogP contribution in [0, 0.1) is 0 Å². The highest BCUT2D eigenvalue weighted by molar-refractivity contribution is 5.88. The van der Waals surface area contributed by atoms with Gasteiger partial charge < -0.3 is 14.8 Å². The first kappa shape index (κ1) is 14.2. The van der Waals surface area contributed by atoms with Gasteiger partial charge in [0.15, 0.2) is 0 Å². The van der Waals surface area contributed by atoms with Gasteiger partial charge in [0.05, 0.1) is 19.4 Å². The van der Waals surface area contributed by atoms with E-state index in [1.54, 1.807) is 0 Å². The lowest BCUT2D eigenvalue weighted by Crippen LogP contribution is -2.36. The number of rotatable bonds is 7. The van der Waals surface area contributed by atoms with Crippen molar-refractivity contribution in [3.63, 3.8) is 0 Å². The summed E-state index contributed by atoms with van der Waals surface area (Å²) in [5.41, 5.74) is 0.143. The molecule has 0 atom stereocenters. The van der Waals surface area contributed by atoms with Crippen LogP contribution in [0.15, 0.2) is 16.7 Å². The Labute approximate surface area is 106 Å². The number of furan rings is 1. The molecule has 0 fully saturated rings. The molecule has 0 saturated heterocycles. The summed E-state index contributed by atoms with van der Waals surface area (Å²) in [7, 11) is 0. The predicted molar refractivity (Wildman–Crippen MR) is 65.3 cm³/mol. The first-order valence-electron chi connectivity index (χ1n) is 5.87. The summed E-state index contributed by atoms with van der Waals surface area (Å²) in [4.78, 5) is 24.2. The molecule has 18 heavy (non-hydrogen) atoms. The summed E-state index contributed by atoms with van der Waals surface area (Å²) in [6.07, 6.45) is 1.35. The summed E-state index contributed by atoms with van der Waals surface area (Å²) in [5, 5.41) is 11.6. The van der Waals surface area contributed by atoms with Crippen LogP contribution in [0.5, 0.6) is 0 Å². The molecule has 1 aromatic rings. The molecule has 0 spiro atoms. The quantitative estimate of drug-likeness (QED) is 0.756. The van der Waals surface area contributed by atoms with E-state index >= 15 is 0 Å². The Kier molecular flexibility index (Phi) is 5.38. The van der Waals surface area contributed by atoms with E-state index in [2.05, 4.69) is 5.32 Å². The summed E-state index contributed by atoms with van der Waals surface area (Å²) < 4.78 is 5.15. The fourth-order valence-electron chi connectivity index (χ4n) is 1.59. The third kappa shape index (κ3) is 3.89. The van der Waals surface area contributed by atoms with Gasteiger partial charge in [-0.1, -0.05) is 6.92 Å². The number of likely N-dealkylation sites (N-methyl/N-ethyl adjacent to an activating group) is 2. The highest BCUT2D eigenvalue weighted by Gasteiger charge is 2.17. The van der Waals surface area contributed by atoms with Crippen molar-refractivity contribution in [3.05, 3.63) is 23.7 Å². The summed E-state index contributed by atoms with van der Waals surface area (Å²) in [5.74, 6) is -0.732. The Hall–Kier alpha value is -1.82. The van der Waals surface area contributed by atoms with Crippen LogP contribution in [0.1, 0.15) is 30.0 Å². The van der Waals surface area contributed by atoms with Gasteiger partial charge in [0, 0.05) is 6.54 Å². The van der Waals surface area contributed by atoms with Crippen molar-refractivity contribution < 1.29 is 19.1 Å². The number of amides is 1. The molecule has 0 radical (unpaired) electrons. The number of hydrogen-bond acceptors (Lipinski definition) is 4. The zero-order valence-electron chi connectivity index (χ0n) is 10.6. The molecule has 0 aromatic carbocycles. The van der Waals surface area contributed by atoms with Crippen LogP contribution in [0.3, 0.4) is 0 Å². The first-order valence-corrected chi connectivity index (χ1v) is 5.87. The van der Waals surface area contributed by atoms with Crippen molar-refractivity contribution in [2.75, 3.05) is 19.6 Å². The lowest BCUT2D eigenvalue weighted by atomic mass is 10.2. The highest BCUT2D eigenvalue weighted by Crippen LogP contribution is 2.13. The molecule has 2 N–H and O–H groups in total. The molecule has 100 valence electrons. The van der Waals surface area contributed by atoms with E-state index < -0.39 is 5.97 Å². The van der Waals surface area contributed by atoms with Gasteiger partial charge in [-0.2, -0.15) is 0 Å². The maximum atomic E-state index is 11.5. The maximum absolute atomic E-state index is 11.5. The van der Waals surface area contributed by atoms with Gasteiger partial charge in [-0.3, -0.25) is 9.69 Å². The molecule has 6 heteroatoms. The van der Waals surface area contributed by atoms with E-state index in [1.165, 1.54) is 12.3 Å². The third-order valence-corrected chi connectivity index (χ3v) is 2.53. The minimum atomic E-state index is -1.02. The fourth-order valence-corrected chi connectivity index (χ4v) is 1.59. The average Bonchev–Trinajstić information content (AvgIpc) is 2.76. The van der Waals surface area contributed by atoms with Gasteiger partial charge in [0.25, 0.3) is 0 Å². The number of carbonyl (C=O) groups is 2. The minimum absolute atomic E-state index is 0.0808. The van der Waals surface area contributed by atoms with E-state index in [9.17, 15) is 9.59 Å². The van der Waals surface area contributed by atoms with Gasteiger partial charge >= 0.3 is 5.97 Å². The van der Waals surface area contributed by atoms with Gasteiger partial charge in [0.2, 0.25) is 5.91 Å². The molecule has 0 aliphatic rings. The van der Waals surface area contributed by atoms with Crippen molar-refractivity contribution in [1.82, 2.24) is 10.2 Å². The third-order valence-electron chi connectivity index (χ3n) is 2.53. The molecule has 0 bridgehead atoms. The van der Waals surface area contributed by atoms with Gasteiger partial charge in [-0.25, -0.2) is 4.79 Å². The number of nitrogens with one attached hydrogen (secondary N) is 1. The lowest BCUT2D eigenvalue weighted by Gasteiger charge is -2.18. The summed E-state index contributed by atoms with van der Waals surface area (Å²) in [6, 6.07) is 1.41. The Morgan fingerprint density at radius 2 is 2.17 bits per heavy atom. The maximum Gasteiger partial charge on any atom is 0.339 e. The molecule has 1 rings (SSSR count). The van der Waals surface area contributed by atoms with E-state index in [0.29, 0.717) is 25.4 Å². The average molecular weight is 254 g/mol. The van der Waals surface area contributed by atoms with Crippen LogP contribution in [0.2, 0.25) is 0 Å². The van der Waals surface area contributed by atoms with Crippen LogP contribution < -0.4 is 5.32 Å². The van der Waals surface area contributed by atoms with Crippen LogP contribution in [-0.2, 0) is 11.3 Å². The molecule has 0 unspecified atom stereocenters. The molecule has 1 amide bonds. The van der Waals surface area contributed by atoms with Crippen molar-refractivity contribution in [2.45, 2.75) is 20.4 Å². The van der Waals surface area contributed by atoms with Crippen LogP contribution >= 0.6 is 0 Å². The molecule has 6 nitrogen and oxygen atoms in total. The normalized spacial score (nSPS) is 10.6. The number of carboxylic acid groups (broad SMARTS) is 1. The van der Waals surface area contributed by atoms with Crippen molar-refractivity contribution >= 4 is 11.9 Å². The van der Waals surface area contributed by atoms with Gasteiger partial charge in [-0.05, 0) is 19.5 Å². The SMILES string of the molecule is CCNC(=O)CN(CC)Cc1occc1C(=O)O. The molecule has 0 aliphatic carbocycles. The highest BCUT2D eigenvalue weighted by atomic mass is 16.4. The summed E-state index contributed by atoms with van der Waals surface area (Å²) >= 11 is 0. The Morgan fingerprint density at radius 1 is 1.44 bits per heavy atom. The van der Waals surface area contributed by atoms with Crippen molar-refractivity contribution in [2.24, 2.45) is 0 Å². The molecule has 0 saturated carbocycles. The van der Waals surface area contributed by atoms with E-state index in [0.717, 1.165) is 0 Å². The fraction of sp³-hybridized carbons (Fsp3) is 0.500. The smallest absolute Gasteiger partial charge is 0.339 e. The number of nitrogens with zero attached hydrogens (tertiary/aromatic N) is 1. The molecule has 1 aromatic heterocycles. The Balaban J connectivity index is 2.65. The molecule has 0 aliphatic heterocycles. The largest absolute Gasteiger partial charge is 0.478 e. The zero-order chi connectivity index (χ0) is 13.5. The second-order valence-electron chi connectivity index (χ2n) is 3.82. The number of carboxylic acids is 1. The Bertz CT molecular complexity index is 414. The second kappa shape index (κ2) is 6.80. The zero-order valence-corrected chi connectivity index (χ0v) is 10.6. The Morgan fingerprint density at radius 3 is 2.72 bits per heavy atom. The van der Waals surface area contributed by atoms with E-state index in [-0.39, 0.29) is 18.0 Å². The lowest BCUT2D eigenvalue weighted by molar-refractivity contribution is -0.122. The molecule has 1 heterocycles. The molecular weight excluding hydrogens is 236 g/mol. The van der Waals surface area contributed by atoms with E-state index in [4.69, 9.17) is 9.52 Å². The van der Waals surface area contributed by atoms with Crippen LogP contribution in [0.4, 0.5) is 0 Å². The second-order valence-corrected chi connectivity index (χ2v) is 3.82. The van der Waals surface area contributed by atoms with Gasteiger partial charge in [-0.15, -0.1) is 0 Å². The number of hydrogen-bond donors (Lipinski definition) is 2. The van der Waals surface area contributed by atoms with Crippen LogP contribution in [0.25, 0.3) is 0 Å². The number of carbonyl (C=O) groups excluding carboxylic acids is 1. The standard InChI is InChI=1S/C12H18N2O4/c1-3-13-11(15)8-14(4-2)7-10-9(12(16)17)5-6-18-10/h5-6H,3-4,7-8H2,1-2H3,(H,13,15)(H,16,17). The predicted octanol–water partition coefficient (Wildman–Crippen LogP) is 0.936. The van der Waals surface area contributed by atoms with Gasteiger partial charge in [0.1, 0.15) is 11.3 Å².